The van der Waals surface area contributed by atoms with E-state index in [1.165, 1.54) is 5.56 Å². The minimum absolute atomic E-state index is 0.410. The van der Waals surface area contributed by atoms with Crippen LogP contribution in [0.3, 0.4) is 0 Å². The van der Waals surface area contributed by atoms with E-state index in [9.17, 15) is 5.11 Å². The zero-order valence-electron chi connectivity index (χ0n) is 11.0. The van der Waals surface area contributed by atoms with Gasteiger partial charge in [0, 0.05) is 33.2 Å². The highest BCUT2D eigenvalue weighted by Crippen LogP contribution is 2.30. The van der Waals surface area contributed by atoms with Crippen LogP contribution in [0.25, 0.3) is 0 Å². The first-order chi connectivity index (χ1) is 8.77. The van der Waals surface area contributed by atoms with Gasteiger partial charge in [0.2, 0.25) is 0 Å². The summed E-state index contributed by atoms with van der Waals surface area (Å²) in [6.45, 7) is 1.35. The minimum atomic E-state index is -0.424. The molecule has 1 N–H and O–H groups in total. The van der Waals surface area contributed by atoms with Gasteiger partial charge < -0.3 is 14.6 Å². The molecule has 0 saturated carbocycles. The van der Waals surface area contributed by atoms with Crippen LogP contribution in [0.15, 0.2) is 30.3 Å². The lowest BCUT2D eigenvalue weighted by Gasteiger charge is -2.39. The Bertz CT molecular complexity index is 344. The Kier molecular flexibility index (Phi) is 4.75. The molecular formula is C15H22O3. The second kappa shape index (κ2) is 6.32. The van der Waals surface area contributed by atoms with Crippen LogP contribution in [0.1, 0.15) is 24.8 Å². The average Bonchev–Trinajstić information content (AvgIpc) is 2.46. The number of hydrogen-bond donors (Lipinski definition) is 1. The van der Waals surface area contributed by atoms with Crippen molar-refractivity contribution in [1.82, 2.24) is 0 Å². The molecule has 1 heterocycles. The molecule has 0 bridgehead atoms. The number of rotatable bonds is 5. The molecule has 100 valence electrons. The second-order valence-corrected chi connectivity index (χ2v) is 4.92. The third-order valence-electron chi connectivity index (χ3n) is 3.90. The van der Waals surface area contributed by atoms with E-state index in [4.69, 9.17) is 9.47 Å². The normalized spacial score (nSPS) is 20.6. The molecule has 18 heavy (non-hydrogen) atoms. The van der Waals surface area contributed by atoms with Crippen LogP contribution in [0.4, 0.5) is 0 Å². The number of aryl methyl sites for hydroxylation is 1. The van der Waals surface area contributed by atoms with Crippen molar-refractivity contribution in [3.05, 3.63) is 35.9 Å². The number of methoxy groups -OCH3 is 1. The predicted octanol–water partition coefficient (Wildman–Crippen LogP) is 2.18. The molecule has 1 fully saturated rings. The van der Waals surface area contributed by atoms with Gasteiger partial charge in [-0.1, -0.05) is 30.3 Å². The summed E-state index contributed by atoms with van der Waals surface area (Å²) < 4.78 is 10.9. The summed E-state index contributed by atoms with van der Waals surface area (Å²) in [5, 5.41) is 10.4. The Morgan fingerprint density at radius 3 is 2.56 bits per heavy atom. The molecule has 2 rings (SSSR count). The summed E-state index contributed by atoms with van der Waals surface area (Å²) in [4.78, 5) is 0. The van der Waals surface area contributed by atoms with E-state index in [1.807, 2.05) is 18.2 Å². The third kappa shape index (κ3) is 3.10. The Balaban J connectivity index is 1.91. The lowest BCUT2D eigenvalue weighted by atomic mass is 9.85. The fourth-order valence-corrected chi connectivity index (χ4v) is 2.60. The average molecular weight is 250 g/mol. The first-order valence-corrected chi connectivity index (χ1v) is 6.62. The van der Waals surface area contributed by atoms with Crippen LogP contribution in [-0.4, -0.2) is 37.1 Å². The van der Waals surface area contributed by atoms with E-state index in [1.54, 1.807) is 7.11 Å². The van der Waals surface area contributed by atoms with Crippen molar-refractivity contribution in [2.75, 3.05) is 20.3 Å². The minimum Gasteiger partial charge on any atom is -0.390 e. The van der Waals surface area contributed by atoms with Crippen molar-refractivity contribution in [2.45, 2.75) is 37.4 Å². The van der Waals surface area contributed by atoms with Gasteiger partial charge in [-0.3, -0.25) is 0 Å². The fourth-order valence-electron chi connectivity index (χ4n) is 2.60. The van der Waals surface area contributed by atoms with Gasteiger partial charge in [-0.05, 0) is 18.4 Å². The van der Waals surface area contributed by atoms with Gasteiger partial charge in [-0.2, -0.15) is 0 Å². The number of aliphatic hydroxyl groups is 1. The van der Waals surface area contributed by atoms with Crippen molar-refractivity contribution in [3.63, 3.8) is 0 Å². The van der Waals surface area contributed by atoms with Crippen molar-refractivity contribution in [3.8, 4) is 0 Å². The molecule has 0 spiro atoms. The quantitative estimate of drug-likeness (QED) is 0.870. The largest absolute Gasteiger partial charge is 0.390 e. The molecule has 1 aliphatic heterocycles. The molecule has 1 saturated heterocycles. The third-order valence-corrected chi connectivity index (χ3v) is 3.90. The van der Waals surface area contributed by atoms with Crippen molar-refractivity contribution in [2.24, 2.45) is 0 Å². The predicted molar refractivity (Wildman–Crippen MR) is 70.6 cm³/mol. The van der Waals surface area contributed by atoms with Crippen molar-refractivity contribution >= 4 is 0 Å². The Labute approximate surface area is 109 Å². The van der Waals surface area contributed by atoms with Crippen LogP contribution >= 0.6 is 0 Å². The maximum absolute atomic E-state index is 10.4. The molecule has 1 aromatic carbocycles. The summed E-state index contributed by atoms with van der Waals surface area (Å²) >= 11 is 0. The number of ether oxygens (including phenoxy) is 2. The van der Waals surface area contributed by atoms with E-state index in [-0.39, 0.29) is 0 Å². The highest BCUT2D eigenvalue weighted by atomic mass is 16.5. The van der Waals surface area contributed by atoms with Gasteiger partial charge in [-0.15, -0.1) is 0 Å². The second-order valence-electron chi connectivity index (χ2n) is 4.92. The van der Waals surface area contributed by atoms with Crippen LogP contribution in [0, 0.1) is 0 Å². The Morgan fingerprint density at radius 1 is 1.28 bits per heavy atom. The van der Waals surface area contributed by atoms with Crippen LogP contribution in [0.2, 0.25) is 0 Å². The lowest BCUT2D eigenvalue weighted by molar-refractivity contribution is -0.153. The van der Waals surface area contributed by atoms with Crippen molar-refractivity contribution in [1.29, 1.82) is 0 Å². The van der Waals surface area contributed by atoms with Gasteiger partial charge in [-0.25, -0.2) is 0 Å². The zero-order valence-corrected chi connectivity index (χ0v) is 11.0. The summed E-state index contributed by atoms with van der Waals surface area (Å²) in [6.07, 6.45) is 2.75. The van der Waals surface area contributed by atoms with Gasteiger partial charge in [0.1, 0.15) is 0 Å². The maximum atomic E-state index is 10.4. The van der Waals surface area contributed by atoms with Crippen LogP contribution in [0.5, 0.6) is 0 Å². The fraction of sp³-hybridized carbons (Fsp3) is 0.600. The number of benzene rings is 1. The zero-order chi connectivity index (χ0) is 12.8. The molecule has 0 aliphatic carbocycles. The highest BCUT2D eigenvalue weighted by Gasteiger charge is 2.39. The van der Waals surface area contributed by atoms with Gasteiger partial charge in [0.15, 0.2) is 0 Å². The lowest BCUT2D eigenvalue weighted by Crippen LogP contribution is -2.48. The summed E-state index contributed by atoms with van der Waals surface area (Å²) in [6, 6.07) is 10.3. The highest BCUT2D eigenvalue weighted by molar-refractivity contribution is 5.15. The van der Waals surface area contributed by atoms with Crippen LogP contribution in [-0.2, 0) is 15.9 Å². The molecule has 3 heteroatoms. The molecule has 1 aromatic rings. The first-order valence-electron chi connectivity index (χ1n) is 6.62. The van der Waals surface area contributed by atoms with E-state index in [2.05, 4.69) is 12.1 Å². The SMILES string of the molecule is COC1(C(O)CCc2ccccc2)CCOCC1. The number of hydrogen-bond acceptors (Lipinski definition) is 3. The Hall–Kier alpha value is -0.900. The molecule has 1 aliphatic rings. The summed E-state index contributed by atoms with van der Waals surface area (Å²) in [5.41, 5.74) is 0.849. The molecule has 1 atom stereocenters. The van der Waals surface area contributed by atoms with Crippen LogP contribution < -0.4 is 0 Å². The maximum Gasteiger partial charge on any atom is 0.0980 e. The van der Waals surface area contributed by atoms with Gasteiger partial charge >= 0.3 is 0 Å². The topological polar surface area (TPSA) is 38.7 Å². The Morgan fingerprint density at radius 2 is 1.94 bits per heavy atom. The van der Waals surface area contributed by atoms with Gasteiger partial charge in [0.25, 0.3) is 0 Å². The molecular weight excluding hydrogens is 228 g/mol. The smallest absolute Gasteiger partial charge is 0.0980 e. The monoisotopic (exact) mass is 250 g/mol. The molecule has 0 aromatic heterocycles. The summed E-state index contributed by atoms with van der Waals surface area (Å²) in [7, 11) is 1.69. The van der Waals surface area contributed by atoms with E-state index < -0.39 is 11.7 Å². The molecule has 0 amide bonds. The molecule has 3 nitrogen and oxygen atoms in total. The first kappa shape index (κ1) is 13.5. The van der Waals surface area contributed by atoms with Crippen molar-refractivity contribution < 1.29 is 14.6 Å². The standard InChI is InChI=1S/C15H22O3/c1-17-15(9-11-18-12-10-15)14(16)8-7-13-5-3-2-4-6-13/h2-6,14,16H,7-12H2,1H3. The molecule has 0 radical (unpaired) electrons. The number of aliphatic hydroxyl groups excluding tert-OH is 1. The molecule has 1 unspecified atom stereocenters. The van der Waals surface area contributed by atoms with E-state index in [0.29, 0.717) is 13.2 Å². The summed E-state index contributed by atoms with van der Waals surface area (Å²) in [5.74, 6) is 0. The van der Waals surface area contributed by atoms with E-state index in [0.717, 1.165) is 25.7 Å². The van der Waals surface area contributed by atoms with E-state index >= 15 is 0 Å². The van der Waals surface area contributed by atoms with Gasteiger partial charge in [0.05, 0.1) is 11.7 Å².